The van der Waals surface area contributed by atoms with Crippen molar-refractivity contribution in [2.45, 2.75) is 161 Å². The molecule has 0 radical (unpaired) electrons. The summed E-state index contributed by atoms with van der Waals surface area (Å²) < 4.78 is 5.82. The zero-order valence-corrected chi connectivity index (χ0v) is 25.4. The molecule has 0 aromatic rings. The van der Waals surface area contributed by atoms with Crippen molar-refractivity contribution in [3.05, 3.63) is 48.6 Å². The van der Waals surface area contributed by atoms with E-state index in [4.69, 9.17) is 9.84 Å². The van der Waals surface area contributed by atoms with Gasteiger partial charge in [-0.2, -0.15) is 0 Å². The summed E-state index contributed by atoms with van der Waals surface area (Å²) in [6.45, 7) is 4.43. The Hall–Kier alpha value is -2.10. The molecule has 0 aromatic carbocycles. The van der Waals surface area contributed by atoms with Crippen molar-refractivity contribution in [1.82, 2.24) is 0 Å². The average molecular weight is 545 g/mol. The van der Waals surface area contributed by atoms with Crippen molar-refractivity contribution in [3.8, 4) is 0 Å². The van der Waals surface area contributed by atoms with Crippen LogP contribution in [0.15, 0.2) is 48.6 Å². The van der Waals surface area contributed by atoms with Gasteiger partial charge in [0.05, 0.1) is 0 Å². The van der Waals surface area contributed by atoms with Gasteiger partial charge in [-0.1, -0.05) is 114 Å². The van der Waals surface area contributed by atoms with E-state index in [1.165, 1.54) is 57.8 Å². The fraction of sp³-hybridized carbons (Fsp3) is 0.714. The third-order valence-electron chi connectivity index (χ3n) is 6.74. The zero-order chi connectivity index (χ0) is 28.7. The molecule has 224 valence electrons. The van der Waals surface area contributed by atoms with Crippen molar-refractivity contribution in [3.63, 3.8) is 0 Å². The van der Waals surface area contributed by atoms with Gasteiger partial charge in [0.25, 0.3) is 0 Å². The van der Waals surface area contributed by atoms with Crippen LogP contribution in [0.25, 0.3) is 0 Å². The van der Waals surface area contributed by atoms with Gasteiger partial charge in [-0.05, 0) is 76.7 Å². The Balaban J connectivity index is 4.18. The lowest BCUT2D eigenvalue weighted by molar-refractivity contribution is -0.147. The number of unbranched alkanes of at least 4 members (excludes halogenated alkanes) is 13. The van der Waals surface area contributed by atoms with Crippen LogP contribution in [0, 0.1) is 0 Å². The van der Waals surface area contributed by atoms with Crippen LogP contribution in [0.4, 0.5) is 0 Å². The third kappa shape index (κ3) is 30.3. The van der Waals surface area contributed by atoms with Gasteiger partial charge in [0.2, 0.25) is 0 Å². The molecule has 0 spiro atoms. The lowest BCUT2D eigenvalue weighted by Gasteiger charge is -2.14. The first-order chi connectivity index (χ1) is 19.1. The lowest BCUT2D eigenvalue weighted by atomic mass is 10.1. The number of hydrogen-bond acceptors (Lipinski definition) is 3. The van der Waals surface area contributed by atoms with Crippen LogP contribution >= 0.6 is 0 Å². The highest BCUT2D eigenvalue weighted by molar-refractivity contribution is 5.69. The highest BCUT2D eigenvalue weighted by atomic mass is 16.5. The van der Waals surface area contributed by atoms with E-state index in [0.29, 0.717) is 12.8 Å². The molecule has 1 unspecified atom stereocenters. The van der Waals surface area contributed by atoms with Gasteiger partial charge in [-0.25, -0.2) is 0 Å². The lowest BCUT2D eigenvalue weighted by Crippen LogP contribution is -2.16. The number of hydrogen-bond donors (Lipinski definition) is 1. The first-order valence-electron chi connectivity index (χ1n) is 16.1. The maximum atomic E-state index is 12.5. The summed E-state index contributed by atoms with van der Waals surface area (Å²) in [5.74, 6) is -0.827. The van der Waals surface area contributed by atoms with Gasteiger partial charge in [-0.15, -0.1) is 0 Å². The SMILES string of the molecule is CCC/C=C\C/C=C\CCCCCCCC(=O)OC(/C=C\C/C=C\CCCCCC)CCCCCCC(=O)O. The zero-order valence-electron chi connectivity index (χ0n) is 25.4. The molecular weight excluding hydrogens is 484 g/mol. The Morgan fingerprint density at radius 3 is 1.77 bits per heavy atom. The van der Waals surface area contributed by atoms with Gasteiger partial charge < -0.3 is 9.84 Å². The summed E-state index contributed by atoms with van der Waals surface area (Å²) >= 11 is 0. The number of carboxylic acids is 1. The fourth-order valence-corrected chi connectivity index (χ4v) is 4.34. The van der Waals surface area contributed by atoms with Crippen LogP contribution in [-0.2, 0) is 14.3 Å². The van der Waals surface area contributed by atoms with Gasteiger partial charge in [0.1, 0.15) is 6.10 Å². The van der Waals surface area contributed by atoms with Crippen molar-refractivity contribution in [2.24, 2.45) is 0 Å². The molecule has 0 aliphatic carbocycles. The monoisotopic (exact) mass is 544 g/mol. The van der Waals surface area contributed by atoms with Gasteiger partial charge >= 0.3 is 11.9 Å². The van der Waals surface area contributed by atoms with Crippen LogP contribution < -0.4 is 0 Å². The predicted molar refractivity (Wildman–Crippen MR) is 167 cm³/mol. The maximum Gasteiger partial charge on any atom is 0.306 e. The molecule has 0 aliphatic heterocycles. The summed E-state index contributed by atoms with van der Waals surface area (Å²) in [6.07, 6.45) is 39.8. The Morgan fingerprint density at radius 1 is 0.590 bits per heavy atom. The van der Waals surface area contributed by atoms with E-state index in [2.05, 4.69) is 56.4 Å². The molecule has 4 nitrogen and oxygen atoms in total. The fourth-order valence-electron chi connectivity index (χ4n) is 4.34. The highest BCUT2D eigenvalue weighted by Crippen LogP contribution is 2.14. The van der Waals surface area contributed by atoms with Crippen molar-refractivity contribution in [2.75, 3.05) is 0 Å². The van der Waals surface area contributed by atoms with Gasteiger partial charge in [-0.3, -0.25) is 9.59 Å². The Kier molecular flexibility index (Phi) is 28.8. The Morgan fingerprint density at radius 2 is 1.13 bits per heavy atom. The van der Waals surface area contributed by atoms with Crippen LogP contribution in [0.5, 0.6) is 0 Å². The number of allylic oxidation sites excluding steroid dienone is 7. The van der Waals surface area contributed by atoms with Crippen LogP contribution in [-0.4, -0.2) is 23.1 Å². The molecule has 0 amide bonds. The summed E-state index contributed by atoms with van der Waals surface area (Å²) in [5.41, 5.74) is 0. The van der Waals surface area contributed by atoms with Crippen LogP contribution in [0.1, 0.15) is 155 Å². The number of carboxylic acid groups (broad SMARTS) is 1. The molecule has 4 heteroatoms. The second kappa shape index (κ2) is 30.4. The standard InChI is InChI=1S/C35H60O4/c1-3-5-7-9-11-13-14-15-16-18-20-22-28-32-35(38)39-33(30-26-23-24-27-31-34(36)37)29-25-21-19-17-12-10-8-6-4-2/h7,9,13-14,17,19,25,29,33H,3-6,8,10-12,15-16,18,20-24,26-28,30-32H2,1-2H3,(H,36,37)/b9-7-,14-13-,19-17-,29-25-. The van der Waals surface area contributed by atoms with Gasteiger partial charge in [0, 0.05) is 12.8 Å². The Labute approximate surface area is 241 Å². The summed E-state index contributed by atoms with van der Waals surface area (Å²) in [4.78, 5) is 23.2. The first kappa shape index (κ1) is 36.9. The topological polar surface area (TPSA) is 63.6 Å². The minimum Gasteiger partial charge on any atom is -0.481 e. The largest absolute Gasteiger partial charge is 0.481 e. The van der Waals surface area contributed by atoms with E-state index in [0.717, 1.165) is 64.2 Å². The van der Waals surface area contributed by atoms with E-state index in [9.17, 15) is 9.59 Å². The number of ether oxygens (including phenoxy) is 1. The summed E-state index contributed by atoms with van der Waals surface area (Å²) in [6, 6.07) is 0. The molecule has 0 aromatic heterocycles. The minimum atomic E-state index is -0.731. The number of esters is 1. The van der Waals surface area contributed by atoms with E-state index >= 15 is 0 Å². The van der Waals surface area contributed by atoms with Crippen LogP contribution in [0.3, 0.4) is 0 Å². The average Bonchev–Trinajstić information content (AvgIpc) is 2.91. The Bertz CT molecular complexity index is 674. The van der Waals surface area contributed by atoms with E-state index in [1.54, 1.807) is 0 Å². The maximum absolute atomic E-state index is 12.5. The molecule has 0 aliphatic rings. The second-order valence-electron chi connectivity index (χ2n) is 10.6. The smallest absolute Gasteiger partial charge is 0.306 e. The molecule has 0 rings (SSSR count). The van der Waals surface area contributed by atoms with E-state index in [-0.39, 0.29) is 18.5 Å². The molecule has 0 saturated carbocycles. The molecular formula is C35H60O4. The van der Waals surface area contributed by atoms with E-state index < -0.39 is 5.97 Å². The second-order valence-corrected chi connectivity index (χ2v) is 10.6. The molecule has 39 heavy (non-hydrogen) atoms. The molecule has 0 heterocycles. The highest BCUT2D eigenvalue weighted by Gasteiger charge is 2.11. The minimum absolute atomic E-state index is 0.0962. The first-order valence-corrected chi connectivity index (χ1v) is 16.1. The van der Waals surface area contributed by atoms with Crippen LogP contribution in [0.2, 0.25) is 0 Å². The summed E-state index contributed by atoms with van der Waals surface area (Å²) in [5, 5.41) is 8.79. The molecule has 1 atom stereocenters. The van der Waals surface area contributed by atoms with Gasteiger partial charge in [0.15, 0.2) is 0 Å². The third-order valence-corrected chi connectivity index (χ3v) is 6.74. The predicted octanol–water partition coefficient (Wildman–Crippen LogP) is 10.8. The van der Waals surface area contributed by atoms with Crippen molar-refractivity contribution < 1.29 is 19.4 Å². The normalized spacial score (nSPS) is 12.9. The van der Waals surface area contributed by atoms with Crippen molar-refractivity contribution in [1.29, 1.82) is 0 Å². The number of carbonyl (C=O) groups is 2. The van der Waals surface area contributed by atoms with E-state index in [1.807, 2.05) is 6.08 Å². The number of aliphatic carboxylic acids is 1. The number of carbonyl (C=O) groups excluding carboxylic acids is 1. The molecule has 0 fully saturated rings. The quantitative estimate of drug-likeness (QED) is 0.0604. The molecule has 1 N–H and O–H groups in total. The number of rotatable bonds is 28. The molecule has 0 saturated heterocycles. The summed E-state index contributed by atoms with van der Waals surface area (Å²) in [7, 11) is 0. The van der Waals surface area contributed by atoms with Crippen molar-refractivity contribution >= 4 is 11.9 Å². The molecule has 0 bridgehead atoms.